The van der Waals surface area contributed by atoms with Gasteiger partial charge in [0.05, 0.1) is 29.2 Å². The van der Waals surface area contributed by atoms with Gasteiger partial charge in [-0.3, -0.25) is 4.98 Å². The van der Waals surface area contributed by atoms with Gasteiger partial charge in [0.2, 0.25) is 0 Å². The van der Waals surface area contributed by atoms with Crippen molar-refractivity contribution in [2.45, 2.75) is 6.92 Å². The molecule has 118 valence electrons. The highest BCUT2D eigenvalue weighted by Gasteiger charge is 2.22. The third-order valence-corrected chi connectivity index (χ3v) is 3.93. The molecule has 0 radical (unpaired) electrons. The highest BCUT2D eigenvalue weighted by Crippen LogP contribution is 2.23. The summed E-state index contributed by atoms with van der Waals surface area (Å²) < 4.78 is 28.4. The van der Waals surface area contributed by atoms with Gasteiger partial charge in [0.15, 0.2) is 11.6 Å². The number of benzene rings is 1. The quantitative estimate of drug-likeness (QED) is 0.908. The van der Waals surface area contributed by atoms with Crippen LogP contribution in [-0.2, 0) is 0 Å². The maximum Gasteiger partial charge on any atom is 0.335 e. The first-order chi connectivity index (χ1) is 10.9. The Balaban J connectivity index is 2.50. The van der Waals surface area contributed by atoms with Crippen molar-refractivity contribution in [3.8, 4) is 0 Å². The lowest BCUT2D eigenvalue weighted by Crippen LogP contribution is -2.42. The van der Waals surface area contributed by atoms with Crippen molar-refractivity contribution in [1.29, 1.82) is 0 Å². The van der Waals surface area contributed by atoms with Crippen molar-refractivity contribution >= 4 is 17.2 Å². The average molecular weight is 316 g/mol. The summed E-state index contributed by atoms with van der Waals surface area (Å²) in [6, 6.07) is 4.62. The second-order valence-corrected chi connectivity index (χ2v) is 5.53. The summed E-state index contributed by atoms with van der Waals surface area (Å²) in [5.41, 5.74) is 1.20. The monoisotopic (exact) mass is 316 g/mol. The number of fused-ring (bicyclic) bond motifs is 1. The Kier molecular flexibility index (Phi) is 3.60. The highest BCUT2D eigenvalue weighted by molar-refractivity contribution is 5.88. The van der Waals surface area contributed by atoms with Crippen LogP contribution in [0.4, 0.5) is 8.78 Å². The maximum absolute atomic E-state index is 14.2. The molecule has 23 heavy (non-hydrogen) atoms. The third-order valence-electron chi connectivity index (χ3n) is 3.93. The second kappa shape index (κ2) is 5.46. The van der Waals surface area contributed by atoms with E-state index in [4.69, 9.17) is 0 Å². The van der Waals surface area contributed by atoms with Crippen LogP contribution in [0.15, 0.2) is 30.6 Å². The number of pyridine rings is 1. The second-order valence-electron chi connectivity index (χ2n) is 5.53. The summed E-state index contributed by atoms with van der Waals surface area (Å²) >= 11 is 0. The molecular weight excluding hydrogens is 302 g/mol. The van der Waals surface area contributed by atoms with Crippen LogP contribution in [0.1, 0.15) is 22.8 Å². The molecule has 0 unspecified atom stereocenters. The normalized spacial score (nSPS) is 14.0. The van der Waals surface area contributed by atoms with Gasteiger partial charge in [0.1, 0.15) is 0 Å². The number of carboxylic acid groups (broad SMARTS) is 1. The number of aromatic nitrogens is 1. The predicted molar refractivity (Wildman–Crippen MR) is 81.0 cm³/mol. The van der Waals surface area contributed by atoms with E-state index in [9.17, 15) is 18.7 Å². The summed E-state index contributed by atoms with van der Waals surface area (Å²) in [6.45, 7) is 2.40. The van der Waals surface area contributed by atoms with Crippen LogP contribution in [0.5, 0.6) is 0 Å². The molecule has 0 aliphatic carbocycles. The summed E-state index contributed by atoms with van der Waals surface area (Å²) in [4.78, 5) is 16.5. The molecule has 0 saturated carbocycles. The van der Waals surface area contributed by atoms with Gasteiger partial charge < -0.3 is 10.0 Å². The fourth-order valence-corrected chi connectivity index (χ4v) is 2.93. The molecule has 6 heteroatoms. The zero-order valence-corrected chi connectivity index (χ0v) is 12.6. The SMILES string of the molecule is CC1=c2ccc(C(=O)O)cc2=C(c2c(F)cncc2F)N(C)C1. The first kappa shape index (κ1) is 15.1. The lowest BCUT2D eigenvalue weighted by atomic mass is 9.99. The summed E-state index contributed by atoms with van der Waals surface area (Å²) in [6.07, 6.45) is 1.90. The molecule has 3 rings (SSSR count). The fourth-order valence-electron chi connectivity index (χ4n) is 2.93. The topological polar surface area (TPSA) is 53.4 Å². The smallest absolute Gasteiger partial charge is 0.335 e. The van der Waals surface area contributed by atoms with Crippen LogP contribution in [0.2, 0.25) is 0 Å². The number of carbonyl (C=O) groups is 1. The Morgan fingerprint density at radius 1 is 1.22 bits per heavy atom. The summed E-state index contributed by atoms with van der Waals surface area (Å²) in [5.74, 6) is -2.65. The number of rotatable bonds is 2. The van der Waals surface area contributed by atoms with Crippen molar-refractivity contribution in [3.63, 3.8) is 0 Å². The highest BCUT2D eigenvalue weighted by atomic mass is 19.1. The third kappa shape index (κ3) is 2.46. The fraction of sp³-hybridized carbons (Fsp3) is 0.176. The predicted octanol–water partition coefficient (Wildman–Crippen LogP) is 1.33. The van der Waals surface area contributed by atoms with Crippen molar-refractivity contribution in [2.75, 3.05) is 13.6 Å². The van der Waals surface area contributed by atoms with E-state index in [1.54, 1.807) is 18.0 Å². The van der Waals surface area contributed by atoms with Gasteiger partial charge in [0, 0.05) is 18.8 Å². The zero-order valence-electron chi connectivity index (χ0n) is 12.6. The number of halogens is 2. The molecule has 1 aliphatic heterocycles. The largest absolute Gasteiger partial charge is 0.478 e. The summed E-state index contributed by atoms with van der Waals surface area (Å²) in [7, 11) is 1.72. The van der Waals surface area contributed by atoms with E-state index in [0.717, 1.165) is 23.2 Å². The van der Waals surface area contributed by atoms with E-state index in [0.29, 0.717) is 17.5 Å². The van der Waals surface area contributed by atoms with Gasteiger partial charge in [-0.05, 0) is 29.8 Å². The summed E-state index contributed by atoms with van der Waals surface area (Å²) in [5, 5.41) is 10.5. The number of nitrogens with zero attached hydrogens (tertiary/aromatic N) is 2. The minimum Gasteiger partial charge on any atom is -0.478 e. The number of hydrogen-bond donors (Lipinski definition) is 1. The van der Waals surface area contributed by atoms with Crippen LogP contribution in [0, 0.1) is 11.6 Å². The molecule has 0 fully saturated rings. The Labute approximate surface area is 131 Å². The Morgan fingerprint density at radius 2 is 1.87 bits per heavy atom. The van der Waals surface area contributed by atoms with Crippen LogP contribution in [0.3, 0.4) is 0 Å². The van der Waals surface area contributed by atoms with E-state index >= 15 is 0 Å². The number of carboxylic acids is 1. The van der Waals surface area contributed by atoms with Gasteiger partial charge in [-0.25, -0.2) is 13.6 Å². The van der Waals surface area contributed by atoms with Crippen molar-refractivity contribution in [3.05, 3.63) is 63.8 Å². The lowest BCUT2D eigenvalue weighted by molar-refractivity contribution is 0.0696. The zero-order chi connectivity index (χ0) is 16.7. The average Bonchev–Trinajstić information content (AvgIpc) is 2.49. The van der Waals surface area contributed by atoms with E-state index < -0.39 is 17.6 Å². The molecule has 1 aromatic carbocycles. The molecule has 1 N–H and O–H groups in total. The van der Waals surface area contributed by atoms with Gasteiger partial charge in [-0.2, -0.15) is 0 Å². The molecule has 4 nitrogen and oxygen atoms in total. The molecule has 0 spiro atoms. The van der Waals surface area contributed by atoms with Gasteiger partial charge in [-0.1, -0.05) is 6.07 Å². The minimum absolute atomic E-state index is 0.0687. The van der Waals surface area contributed by atoms with Gasteiger partial charge in [0.25, 0.3) is 0 Å². The molecule has 0 amide bonds. The van der Waals surface area contributed by atoms with Crippen molar-refractivity contribution < 1.29 is 18.7 Å². The van der Waals surface area contributed by atoms with E-state index in [2.05, 4.69) is 4.98 Å². The molecule has 2 heterocycles. The molecule has 1 aliphatic rings. The molecule has 0 atom stereocenters. The molecule has 0 saturated heterocycles. The first-order valence-corrected chi connectivity index (χ1v) is 6.98. The molecule has 2 aromatic rings. The van der Waals surface area contributed by atoms with E-state index in [1.165, 1.54) is 12.1 Å². The number of hydrogen-bond acceptors (Lipinski definition) is 3. The van der Waals surface area contributed by atoms with Gasteiger partial charge >= 0.3 is 5.97 Å². The molecule has 0 bridgehead atoms. The van der Waals surface area contributed by atoms with Crippen molar-refractivity contribution in [1.82, 2.24) is 9.88 Å². The van der Waals surface area contributed by atoms with Crippen molar-refractivity contribution in [2.24, 2.45) is 0 Å². The van der Waals surface area contributed by atoms with E-state index in [1.807, 2.05) is 6.92 Å². The Hall–Kier alpha value is -2.76. The van der Waals surface area contributed by atoms with Crippen LogP contribution in [0.25, 0.3) is 11.3 Å². The standard InChI is InChI=1S/C17H14F2N2O2/c1-9-8-21(2)16(15-13(18)6-20-7-14(15)19)12-5-10(17(22)23)3-4-11(9)12/h3-7H,8H2,1-2H3,(H,22,23). The van der Waals surface area contributed by atoms with Crippen LogP contribution >= 0.6 is 0 Å². The maximum atomic E-state index is 14.2. The Bertz CT molecular complexity index is 918. The Morgan fingerprint density at radius 3 is 2.48 bits per heavy atom. The number of aromatic carboxylic acids is 1. The molecule has 1 aromatic heterocycles. The molecular formula is C17H14F2N2O2. The van der Waals surface area contributed by atoms with Crippen LogP contribution in [-0.4, -0.2) is 34.6 Å². The van der Waals surface area contributed by atoms with E-state index in [-0.39, 0.29) is 11.1 Å². The lowest BCUT2D eigenvalue weighted by Gasteiger charge is -2.28. The first-order valence-electron chi connectivity index (χ1n) is 6.98. The van der Waals surface area contributed by atoms with Crippen LogP contribution < -0.4 is 10.4 Å². The van der Waals surface area contributed by atoms with Gasteiger partial charge in [-0.15, -0.1) is 0 Å². The minimum atomic E-state index is -1.09.